The van der Waals surface area contributed by atoms with Crippen LogP contribution in [0, 0.1) is 5.92 Å². The first-order valence-electron chi connectivity index (χ1n) is 6.93. The van der Waals surface area contributed by atoms with Crippen LogP contribution in [-0.2, 0) is 11.3 Å². The molecule has 2 rings (SSSR count). The number of carbonyl (C=O) groups excluding carboxylic acids is 1. The molecule has 1 aromatic heterocycles. The summed E-state index contributed by atoms with van der Waals surface area (Å²) in [5.74, 6) is 0.922. The van der Waals surface area contributed by atoms with Gasteiger partial charge in [-0.05, 0) is 18.8 Å². The topological polar surface area (TPSA) is 46.1 Å². The molecule has 1 atom stereocenters. The van der Waals surface area contributed by atoms with Crippen LogP contribution in [0.25, 0.3) is 0 Å². The minimum absolute atomic E-state index is 0.232. The number of hydrogen-bond acceptors (Lipinski definition) is 3. The minimum atomic E-state index is 0.232. The van der Waals surface area contributed by atoms with Crippen molar-refractivity contribution in [3.05, 3.63) is 23.2 Å². The summed E-state index contributed by atoms with van der Waals surface area (Å²) < 4.78 is 0. The maximum absolute atomic E-state index is 12.1. The number of nitrogens with zero attached hydrogens (tertiary/aromatic N) is 3. The smallest absolute Gasteiger partial charge is 0.222 e. The van der Waals surface area contributed by atoms with Crippen LogP contribution in [0.5, 0.6) is 0 Å². The number of likely N-dealkylation sites (tertiary alicyclic amines) is 1. The minimum Gasteiger partial charge on any atom is -0.337 e. The predicted octanol–water partition coefficient (Wildman–Crippen LogP) is 3.06. The largest absolute Gasteiger partial charge is 0.337 e. The lowest BCUT2D eigenvalue weighted by molar-refractivity contribution is -0.131. The SMILES string of the molecule is CCCC1CCC(=O)N(Cc2cnc(Cl)cn2)CC1. The van der Waals surface area contributed by atoms with E-state index < -0.39 is 0 Å². The van der Waals surface area contributed by atoms with Crippen LogP contribution in [0.1, 0.15) is 44.7 Å². The van der Waals surface area contributed by atoms with Gasteiger partial charge in [-0.2, -0.15) is 0 Å². The van der Waals surface area contributed by atoms with E-state index in [1.54, 1.807) is 6.20 Å². The molecule has 19 heavy (non-hydrogen) atoms. The molecule has 5 heteroatoms. The Balaban J connectivity index is 1.95. The maximum atomic E-state index is 12.1. The molecule has 1 aromatic rings. The molecule has 0 saturated carbocycles. The number of hydrogen-bond donors (Lipinski definition) is 0. The van der Waals surface area contributed by atoms with Gasteiger partial charge in [-0.1, -0.05) is 31.4 Å². The fourth-order valence-corrected chi connectivity index (χ4v) is 2.67. The van der Waals surface area contributed by atoms with Crippen LogP contribution < -0.4 is 0 Å². The van der Waals surface area contributed by atoms with E-state index in [0.29, 0.717) is 24.0 Å². The Morgan fingerprint density at radius 1 is 1.37 bits per heavy atom. The number of halogens is 1. The number of aromatic nitrogens is 2. The Morgan fingerprint density at radius 3 is 2.89 bits per heavy atom. The van der Waals surface area contributed by atoms with E-state index in [1.165, 1.54) is 19.0 Å². The molecule has 0 spiro atoms. The maximum Gasteiger partial charge on any atom is 0.222 e. The van der Waals surface area contributed by atoms with E-state index in [2.05, 4.69) is 16.9 Å². The van der Waals surface area contributed by atoms with Gasteiger partial charge in [-0.15, -0.1) is 0 Å². The summed E-state index contributed by atoms with van der Waals surface area (Å²) in [6.45, 7) is 3.57. The molecule has 1 saturated heterocycles. The standard InChI is InChI=1S/C14H20ClN3O/c1-2-3-11-4-5-14(19)18(7-6-11)10-12-8-17-13(15)9-16-12/h8-9,11H,2-7,10H2,1H3. The summed E-state index contributed by atoms with van der Waals surface area (Å²) in [6.07, 6.45) is 8.37. The third kappa shape index (κ3) is 4.16. The van der Waals surface area contributed by atoms with Gasteiger partial charge in [0.1, 0.15) is 5.15 Å². The zero-order valence-electron chi connectivity index (χ0n) is 11.3. The van der Waals surface area contributed by atoms with Crippen molar-refractivity contribution in [1.82, 2.24) is 14.9 Å². The van der Waals surface area contributed by atoms with E-state index in [9.17, 15) is 4.79 Å². The number of amides is 1. The van der Waals surface area contributed by atoms with E-state index in [0.717, 1.165) is 25.1 Å². The Bertz CT molecular complexity index is 421. The molecular weight excluding hydrogens is 262 g/mol. The summed E-state index contributed by atoms with van der Waals surface area (Å²) in [5.41, 5.74) is 0.798. The molecule has 0 bridgehead atoms. The monoisotopic (exact) mass is 281 g/mol. The van der Waals surface area contributed by atoms with Crippen LogP contribution >= 0.6 is 11.6 Å². The molecule has 104 valence electrons. The third-order valence-electron chi connectivity index (χ3n) is 3.65. The summed E-state index contributed by atoms with van der Waals surface area (Å²) >= 11 is 5.71. The molecule has 1 fully saturated rings. The second kappa shape index (κ2) is 6.85. The van der Waals surface area contributed by atoms with Gasteiger partial charge in [0.2, 0.25) is 5.91 Å². The van der Waals surface area contributed by atoms with Crippen LogP contribution in [0.4, 0.5) is 0 Å². The molecule has 1 aliphatic rings. The van der Waals surface area contributed by atoms with Crippen molar-refractivity contribution in [3.63, 3.8) is 0 Å². The van der Waals surface area contributed by atoms with Gasteiger partial charge in [0.05, 0.1) is 24.6 Å². The summed E-state index contributed by atoms with van der Waals surface area (Å²) in [4.78, 5) is 22.2. The lowest BCUT2D eigenvalue weighted by Gasteiger charge is -2.20. The molecule has 1 amide bonds. The molecule has 4 nitrogen and oxygen atoms in total. The highest BCUT2D eigenvalue weighted by atomic mass is 35.5. The first-order chi connectivity index (χ1) is 9.19. The van der Waals surface area contributed by atoms with Crippen molar-refractivity contribution < 1.29 is 4.79 Å². The van der Waals surface area contributed by atoms with Crippen molar-refractivity contribution >= 4 is 17.5 Å². The molecule has 0 radical (unpaired) electrons. The summed E-state index contributed by atoms with van der Waals surface area (Å²) in [6, 6.07) is 0. The van der Waals surface area contributed by atoms with Crippen LogP contribution in [0.2, 0.25) is 5.15 Å². The van der Waals surface area contributed by atoms with Gasteiger partial charge in [0.25, 0.3) is 0 Å². The molecule has 1 unspecified atom stereocenters. The fraction of sp³-hybridized carbons (Fsp3) is 0.643. The summed E-state index contributed by atoms with van der Waals surface area (Å²) in [5, 5.41) is 0.383. The highest BCUT2D eigenvalue weighted by molar-refractivity contribution is 6.29. The van der Waals surface area contributed by atoms with E-state index >= 15 is 0 Å². The van der Waals surface area contributed by atoms with Gasteiger partial charge in [0, 0.05) is 13.0 Å². The van der Waals surface area contributed by atoms with Crippen molar-refractivity contribution in [2.24, 2.45) is 5.92 Å². The van der Waals surface area contributed by atoms with E-state index in [-0.39, 0.29) is 5.91 Å². The highest BCUT2D eigenvalue weighted by Gasteiger charge is 2.22. The Kier molecular flexibility index (Phi) is 5.14. The molecule has 0 N–H and O–H groups in total. The Morgan fingerprint density at radius 2 is 2.21 bits per heavy atom. The van der Waals surface area contributed by atoms with Crippen molar-refractivity contribution in [2.45, 2.75) is 45.6 Å². The zero-order valence-corrected chi connectivity index (χ0v) is 12.1. The van der Waals surface area contributed by atoms with Crippen molar-refractivity contribution in [3.8, 4) is 0 Å². The second-order valence-electron chi connectivity index (χ2n) is 5.13. The lowest BCUT2D eigenvalue weighted by Crippen LogP contribution is -2.30. The molecule has 1 aliphatic heterocycles. The highest BCUT2D eigenvalue weighted by Crippen LogP contribution is 2.23. The number of rotatable bonds is 4. The zero-order chi connectivity index (χ0) is 13.7. The molecule has 0 aliphatic carbocycles. The molecule has 2 heterocycles. The second-order valence-corrected chi connectivity index (χ2v) is 5.52. The quantitative estimate of drug-likeness (QED) is 0.852. The van der Waals surface area contributed by atoms with Gasteiger partial charge >= 0.3 is 0 Å². The normalized spacial score (nSPS) is 20.4. The van der Waals surface area contributed by atoms with Crippen LogP contribution in [-0.4, -0.2) is 27.3 Å². The Hall–Kier alpha value is -1.16. The van der Waals surface area contributed by atoms with Crippen LogP contribution in [0.15, 0.2) is 12.4 Å². The van der Waals surface area contributed by atoms with Gasteiger partial charge in [0.15, 0.2) is 0 Å². The number of carbonyl (C=O) groups is 1. The van der Waals surface area contributed by atoms with E-state index in [1.807, 2.05) is 4.90 Å². The average molecular weight is 282 g/mol. The lowest BCUT2D eigenvalue weighted by atomic mass is 9.96. The van der Waals surface area contributed by atoms with Gasteiger partial charge < -0.3 is 4.90 Å². The van der Waals surface area contributed by atoms with Crippen LogP contribution in [0.3, 0.4) is 0 Å². The molecule has 0 aromatic carbocycles. The fourth-order valence-electron chi connectivity index (χ4n) is 2.57. The summed E-state index contributed by atoms with van der Waals surface area (Å²) in [7, 11) is 0. The van der Waals surface area contributed by atoms with Gasteiger partial charge in [-0.25, -0.2) is 4.98 Å². The van der Waals surface area contributed by atoms with Crippen molar-refractivity contribution in [1.29, 1.82) is 0 Å². The van der Waals surface area contributed by atoms with Crippen molar-refractivity contribution in [2.75, 3.05) is 6.54 Å². The first-order valence-corrected chi connectivity index (χ1v) is 7.31. The van der Waals surface area contributed by atoms with E-state index in [4.69, 9.17) is 11.6 Å². The average Bonchev–Trinajstić information content (AvgIpc) is 2.57. The third-order valence-corrected chi connectivity index (χ3v) is 3.85. The predicted molar refractivity (Wildman–Crippen MR) is 74.7 cm³/mol. The Labute approximate surface area is 119 Å². The molecular formula is C14H20ClN3O. The van der Waals surface area contributed by atoms with Gasteiger partial charge in [-0.3, -0.25) is 9.78 Å². The first kappa shape index (κ1) is 14.3.